The van der Waals surface area contributed by atoms with Crippen LogP contribution in [0.25, 0.3) is 0 Å². The van der Waals surface area contributed by atoms with Crippen molar-refractivity contribution in [2.75, 3.05) is 4.72 Å². The lowest BCUT2D eigenvalue weighted by atomic mass is 10.2. The van der Waals surface area contributed by atoms with Gasteiger partial charge in [0.1, 0.15) is 5.82 Å². The Morgan fingerprint density at radius 3 is 2.63 bits per heavy atom. The number of aryl methyl sites for hydroxylation is 2. The molecule has 102 valence electrons. The molecule has 0 aliphatic heterocycles. The van der Waals surface area contributed by atoms with E-state index in [0.717, 1.165) is 4.68 Å². The molecule has 6 nitrogen and oxygen atoms in total. The molecule has 1 heterocycles. The normalized spacial score (nSPS) is 11.6. The molecular weight excluding hydrogens is 339 g/mol. The second kappa shape index (κ2) is 4.89. The molecule has 0 saturated carbocycles. The van der Waals surface area contributed by atoms with Crippen molar-refractivity contribution < 1.29 is 12.8 Å². The van der Waals surface area contributed by atoms with E-state index in [1.165, 1.54) is 25.2 Å². The number of hydrogen-bond donors (Lipinski definition) is 1. The van der Waals surface area contributed by atoms with Gasteiger partial charge in [0.2, 0.25) is 5.03 Å². The lowest BCUT2D eigenvalue weighted by Gasteiger charge is -2.08. The van der Waals surface area contributed by atoms with Crippen molar-refractivity contribution in [3.63, 3.8) is 0 Å². The molecule has 0 spiro atoms. The Kier molecular flexibility index (Phi) is 3.59. The summed E-state index contributed by atoms with van der Waals surface area (Å²) >= 11 is 3.02. The average molecular weight is 349 g/mol. The Balaban J connectivity index is 2.39. The number of nitrogens with zero attached hydrogens (tertiary/aromatic N) is 3. The van der Waals surface area contributed by atoms with Crippen molar-refractivity contribution >= 4 is 31.6 Å². The molecule has 2 rings (SSSR count). The fourth-order valence-corrected chi connectivity index (χ4v) is 3.67. The molecule has 0 aliphatic carbocycles. The Hall–Kier alpha value is -1.48. The number of hydrogen-bond acceptors (Lipinski definition) is 4. The fourth-order valence-electron chi connectivity index (χ4n) is 1.52. The highest BCUT2D eigenvalue weighted by molar-refractivity contribution is 9.10. The minimum atomic E-state index is -3.84. The Labute approximate surface area is 117 Å². The maximum atomic E-state index is 13.1. The molecular formula is C10H10BrFN4O2S. The second-order valence-electron chi connectivity index (χ2n) is 3.88. The van der Waals surface area contributed by atoms with Crippen LogP contribution in [0.2, 0.25) is 0 Å². The van der Waals surface area contributed by atoms with Crippen LogP contribution in [-0.4, -0.2) is 23.4 Å². The number of halogens is 2. The minimum Gasteiger partial charge on any atom is -0.278 e. The van der Waals surface area contributed by atoms with Crippen molar-refractivity contribution in [1.82, 2.24) is 15.0 Å². The molecule has 0 bridgehead atoms. The van der Waals surface area contributed by atoms with Crippen LogP contribution in [0, 0.1) is 12.7 Å². The number of benzene rings is 1. The van der Waals surface area contributed by atoms with E-state index in [-0.39, 0.29) is 15.3 Å². The summed E-state index contributed by atoms with van der Waals surface area (Å²) in [7, 11) is -2.38. The monoisotopic (exact) mass is 348 g/mol. The number of anilines is 1. The van der Waals surface area contributed by atoms with Crippen LogP contribution >= 0.6 is 15.9 Å². The number of aromatic nitrogens is 3. The van der Waals surface area contributed by atoms with Crippen LogP contribution < -0.4 is 4.72 Å². The van der Waals surface area contributed by atoms with Crippen LogP contribution in [0.4, 0.5) is 10.1 Å². The first kappa shape index (κ1) is 13.9. The fraction of sp³-hybridized carbons (Fsp3) is 0.200. The number of nitrogens with one attached hydrogen (secondary N) is 1. The summed E-state index contributed by atoms with van der Waals surface area (Å²) in [6, 6.07) is 3.95. The Morgan fingerprint density at radius 2 is 2.11 bits per heavy atom. The lowest BCUT2D eigenvalue weighted by Crippen LogP contribution is -2.17. The van der Waals surface area contributed by atoms with Gasteiger partial charge in [-0.2, -0.15) is 8.42 Å². The molecule has 0 amide bonds. The summed E-state index contributed by atoms with van der Waals surface area (Å²) in [6.45, 7) is 1.55. The lowest BCUT2D eigenvalue weighted by molar-refractivity contribution is 0.578. The van der Waals surface area contributed by atoms with E-state index in [1.54, 1.807) is 6.92 Å². The van der Waals surface area contributed by atoms with Crippen molar-refractivity contribution in [2.24, 2.45) is 7.05 Å². The van der Waals surface area contributed by atoms with Crippen molar-refractivity contribution in [1.29, 1.82) is 0 Å². The standard InChI is InChI=1S/C10H10BrFN4O2S/c1-6-5-7(3-4-8(6)12)14-19(17,18)10-9(11)13-15-16(10)2/h3-5,14H,1-2H3. The summed E-state index contributed by atoms with van der Waals surface area (Å²) in [5.74, 6) is -0.397. The molecule has 0 radical (unpaired) electrons. The molecule has 0 unspecified atom stereocenters. The van der Waals surface area contributed by atoms with E-state index in [1.807, 2.05) is 0 Å². The molecule has 0 aliphatic rings. The van der Waals surface area contributed by atoms with Crippen molar-refractivity contribution in [3.05, 3.63) is 34.2 Å². The second-order valence-corrected chi connectivity index (χ2v) is 6.23. The van der Waals surface area contributed by atoms with Gasteiger partial charge in [-0.05, 0) is 46.6 Å². The Morgan fingerprint density at radius 1 is 1.42 bits per heavy atom. The van der Waals surface area contributed by atoms with E-state index in [4.69, 9.17) is 0 Å². The van der Waals surface area contributed by atoms with E-state index < -0.39 is 15.8 Å². The van der Waals surface area contributed by atoms with Gasteiger partial charge < -0.3 is 0 Å². The zero-order valence-corrected chi connectivity index (χ0v) is 12.5. The summed E-state index contributed by atoms with van der Waals surface area (Å²) in [6.07, 6.45) is 0. The van der Waals surface area contributed by atoms with E-state index in [0.29, 0.717) is 5.56 Å². The van der Waals surface area contributed by atoms with Crippen LogP contribution in [0.1, 0.15) is 5.56 Å². The van der Waals surface area contributed by atoms with Gasteiger partial charge in [0.15, 0.2) is 4.60 Å². The molecule has 1 aromatic heterocycles. The molecule has 1 N–H and O–H groups in total. The summed E-state index contributed by atoms with van der Waals surface area (Å²) < 4.78 is 41.0. The quantitative estimate of drug-likeness (QED) is 0.917. The van der Waals surface area contributed by atoms with Gasteiger partial charge in [0.05, 0.1) is 0 Å². The van der Waals surface area contributed by atoms with E-state index in [9.17, 15) is 12.8 Å². The van der Waals surface area contributed by atoms with Crippen LogP contribution in [-0.2, 0) is 17.1 Å². The van der Waals surface area contributed by atoms with Gasteiger partial charge >= 0.3 is 0 Å². The summed E-state index contributed by atoms with van der Waals surface area (Å²) in [5, 5.41) is 7.10. The largest absolute Gasteiger partial charge is 0.281 e. The Bertz CT molecular complexity index is 710. The first-order chi connectivity index (χ1) is 8.81. The van der Waals surface area contributed by atoms with Crippen molar-refractivity contribution in [3.8, 4) is 0 Å². The predicted molar refractivity (Wildman–Crippen MR) is 70.6 cm³/mol. The zero-order valence-electron chi connectivity index (χ0n) is 10.1. The predicted octanol–water partition coefficient (Wildman–Crippen LogP) is 1.83. The molecule has 0 saturated heterocycles. The molecule has 19 heavy (non-hydrogen) atoms. The average Bonchev–Trinajstić information content (AvgIpc) is 2.64. The maximum Gasteiger partial charge on any atom is 0.281 e. The summed E-state index contributed by atoms with van der Waals surface area (Å²) in [4.78, 5) is 0. The molecule has 1 aromatic carbocycles. The van der Waals surface area contributed by atoms with E-state index >= 15 is 0 Å². The van der Waals surface area contributed by atoms with E-state index in [2.05, 4.69) is 31.0 Å². The van der Waals surface area contributed by atoms with Gasteiger partial charge in [-0.15, -0.1) is 5.10 Å². The first-order valence-electron chi connectivity index (χ1n) is 5.15. The summed E-state index contributed by atoms with van der Waals surface area (Å²) in [5.41, 5.74) is 0.620. The number of sulfonamides is 1. The van der Waals surface area contributed by atoms with Gasteiger partial charge in [0.25, 0.3) is 10.0 Å². The topological polar surface area (TPSA) is 76.9 Å². The zero-order chi connectivity index (χ0) is 14.2. The highest BCUT2D eigenvalue weighted by Crippen LogP contribution is 2.22. The van der Waals surface area contributed by atoms with Crippen LogP contribution in [0.15, 0.2) is 27.8 Å². The first-order valence-corrected chi connectivity index (χ1v) is 7.43. The highest BCUT2D eigenvalue weighted by Gasteiger charge is 2.24. The van der Waals surface area contributed by atoms with Gasteiger partial charge in [-0.3, -0.25) is 4.72 Å². The maximum absolute atomic E-state index is 13.1. The SMILES string of the molecule is Cc1cc(NS(=O)(=O)c2c(Br)nnn2C)ccc1F. The van der Waals surface area contributed by atoms with Crippen molar-refractivity contribution in [2.45, 2.75) is 11.9 Å². The highest BCUT2D eigenvalue weighted by atomic mass is 79.9. The molecule has 9 heteroatoms. The number of rotatable bonds is 3. The third kappa shape index (κ3) is 2.76. The molecule has 0 fully saturated rings. The third-order valence-electron chi connectivity index (χ3n) is 2.40. The van der Waals surface area contributed by atoms with Crippen LogP contribution in [0.3, 0.4) is 0 Å². The molecule has 2 aromatic rings. The smallest absolute Gasteiger partial charge is 0.278 e. The van der Waals surface area contributed by atoms with Gasteiger partial charge in [-0.25, -0.2) is 9.07 Å². The molecule has 0 atom stereocenters. The van der Waals surface area contributed by atoms with Crippen LogP contribution in [0.5, 0.6) is 0 Å². The minimum absolute atomic E-state index is 0.102. The van der Waals surface area contributed by atoms with Gasteiger partial charge in [0, 0.05) is 12.7 Å². The third-order valence-corrected chi connectivity index (χ3v) is 4.67. The van der Waals surface area contributed by atoms with Gasteiger partial charge in [-0.1, -0.05) is 5.21 Å².